The van der Waals surface area contributed by atoms with Gasteiger partial charge in [0, 0.05) is 6.42 Å². The maximum absolute atomic E-state index is 12.3. The Kier molecular flexibility index (Phi) is 6.09. The predicted octanol–water partition coefficient (Wildman–Crippen LogP) is 1.93. The maximum atomic E-state index is 12.3. The number of carbonyl (C=O) groups is 2. The Bertz CT molecular complexity index is 700. The highest BCUT2D eigenvalue weighted by molar-refractivity contribution is 5.87. The summed E-state index contributed by atoms with van der Waals surface area (Å²) < 4.78 is 4.77. The lowest BCUT2D eigenvalue weighted by atomic mass is 10.0. The average molecular weight is 327 g/mol. The first-order valence-electron chi connectivity index (χ1n) is 7.68. The van der Waals surface area contributed by atoms with Crippen LogP contribution in [0.15, 0.2) is 54.6 Å². The van der Waals surface area contributed by atoms with Gasteiger partial charge in [0.15, 0.2) is 6.10 Å². The molecule has 0 radical (unpaired) electrons. The number of benzene rings is 2. The molecular weight excluding hydrogens is 306 g/mol. The number of nitrogens with one attached hydrogen (secondary N) is 1. The fourth-order valence-corrected chi connectivity index (χ4v) is 2.45. The largest absolute Gasteiger partial charge is 0.467 e. The molecule has 24 heavy (non-hydrogen) atoms. The van der Waals surface area contributed by atoms with Gasteiger partial charge >= 0.3 is 5.97 Å². The van der Waals surface area contributed by atoms with Crippen molar-refractivity contribution in [1.29, 1.82) is 0 Å². The minimum Gasteiger partial charge on any atom is -0.467 e. The summed E-state index contributed by atoms with van der Waals surface area (Å²) in [6.07, 6.45) is -1.04. The van der Waals surface area contributed by atoms with Gasteiger partial charge in [-0.3, -0.25) is 4.79 Å². The lowest BCUT2D eigenvalue weighted by Gasteiger charge is -2.19. The Morgan fingerprint density at radius 1 is 1.12 bits per heavy atom. The van der Waals surface area contributed by atoms with Gasteiger partial charge in [-0.25, -0.2) is 4.79 Å². The molecule has 2 aromatic carbocycles. The average Bonchev–Trinajstić information content (AvgIpc) is 2.60. The number of aliphatic hydroxyl groups excluding tert-OH is 1. The predicted molar refractivity (Wildman–Crippen MR) is 90.2 cm³/mol. The summed E-state index contributed by atoms with van der Waals surface area (Å²) in [6, 6.07) is 15.4. The van der Waals surface area contributed by atoms with E-state index in [-0.39, 0.29) is 0 Å². The lowest BCUT2D eigenvalue weighted by molar-refractivity contribution is -0.146. The van der Waals surface area contributed by atoms with Crippen LogP contribution in [0.2, 0.25) is 0 Å². The molecule has 5 nitrogen and oxygen atoms in total. The summed E-state index contributed by atoms with van der Waals surface area (Å²) in [4.78, 5) is 24.2. The molecule has 0 aliphatic carbocycles. The van der Waals surface area contributed by atoms with E-state index in [0.717, 1.165) is 11.1 Å². The van der Waals surface area contributed by atoms with Crippen molar-refractivity contribution in [1.82, 2.24) is 5.32 Å². The second-order valence-electron chi connectivity index (χ2n) is 5.59. The highest BCUT2D eigenvalue weighted by atomic mass is 16.5. The van der Waals surface area contributed by atoms with Gasteiger partial charge in [0.2, 0.25) is 0 Å². The molecule has 1 amide bonds. The lowest BCUT2D eigenvalue weighted by Crippen LogP contribution is -2.45. The van der Waals surface area contributed by atoms with Crippen LogP contribution in [0.25, 0.3) is 0 Å². The summed E-state index contributed by atoms with van der Waals surface area (Å²) in [7, 11) is 1.27. The number of aryl methyl sites for hydroxylation is 1. The first-order valence-corrected chi connectivity index (χ1v) is 7.68. The Morgan fingerprint density at radius 2 is 1.83 bits per heavy atom. The fraction of sp³-hybridized carbons (Fsp3) is 0.263. The van der Waals surface area contributed by atoms with Gasteiger partial charge in [0.05, 0.1) is 7.11 Å². The van der Waals surface area contributed by atoms with Gasteiger partial charge in [-0.1, -0.05) is 60.2 Å². The number of rotatable bonds is 6. The first kappa shape index (κ1) is 17.7. The fourth-order valence-electron chi connectivity index (χ4n) is 2.45. The molecule has 2 aromatic rings. The first-order chi connectivity index (χ1) is 11.5. The molecule has 0 bridgehead atoms. The molecule has 126 valence electrons. The monoisotopic (exact) mass is 327 g/mol. The van der Waals surface area contributed by atoms with E-state index in [2.05, 4.69) is 5.32 Å². The second kappa shape index (κ2) is 8.26. The van der Waals surface area contributed by atoms with Gasteiger partial charge < -0.3 is 15.2 Å². The Balaban J connectivity index is 2.11. The van der Waals surface area contributed by atoms with Crippen molar-refractivity contribution in [2.45, 2.75) is 25.5 Å². The van der Waals surface area contributed by atoms with Crippen LogP contribution < -0.4 is 5.32 Å². The molecule has 0 heterocycles. The van der Waals surface area contributed by atoms with Crippen molar-refractivity contribution in [2.75, 3.05) is 7.11 Å². The molecule has 2 N–H and O–H groups in total. The van der Waals surface area contributed by atoms with E-state index in [1.807, 2.05) is 31.2 Å². The molecule has 0 aromatic heterocycles. The van der Waals surface area contributed by atoms with Crippen molar-refractivity contribution >= 4 is 11.9 Å². The molecule has 0 spiro atoms. The number of methoxy groups -OCH3 is 1. The third kappa shape index (κ3) is 4.67. The second-order valence-corrected chi connectivity index (χ2v) is 5.59. The smallest absolute Gasteiger partial charge is 0.328 e. The van der Waals surface area contributed by atoms with Crippen LogP contribution in [0, 0.1) is 6.92 Å². The maximum Gasteiger partial charge on any atom is 0.328 e. The van der Waals surface area contributed by atoms with E-state index >= 15 is 0 Å². The van der Waals surface area contributed by atoms with E-state index in [4.69, 9.17) is 4.74 Å². The number of esters is 1. The van der Waals surface area contributed by atoms with Crippen LogP contribution in [0.4, 0.5) is 0 Å². The summed E-state index contributed by atoms with van der Waals surface area (Å²) in [5, 5.41) is 12.7. The summed E-state index contributed by atoms with van der Waals surface area (Å²) in [6.45, 7) is 1.95. The zero-order valence-corrected chi connectivity index (χ0v) is 13.7. The van der Waals surface area contributed by atoms with Gasteiger partial charge in [0.1, 0.15) is 6.04 Å². The van der Waals surface area contributed by atoms with Crippen LogP contribution >= 0.6 is 0 Å². The highest BCUT2D eigenvalue weighted by Gasteiger charge is 2.26. The number of aliphatic hydroxyl groups is 1. The van der Waals surface area contributed by atoms with E-state index in [1.54, 1.807) is 30.3 Å². The zero-order valence-electron chi connectivity index (χ0n) is 13.7. The minimum absolute atomic E-state index is 0.293. The Hall–Kier alpha value is -2.66. The molecule has 2 rings (SSSR count). The van der Waals surface area contributed by atoms with Crippen LogP contribution in [0.1, 0.15) is 22.8 Å². The van der Waals surface area contributed by atoms with Gasteiger partial charge in [-0.2, -0.15) is 0 Å². The van der Waals surface area contributed by atoms with Gasteiger partial charge in [-0.05, 0) is 18.1 Å². The molecule has 5 heteroatoms. The van der Waals surface area contributed by atoms with E-state index in [1.165, 1.54) is 7.11 Å². The topological polar surface area (TPSA) is 75.6 Å². The van der Waals surface area contributed by atoms with E-state index < -0.39 is 24.0 Å². The van der Waals surface area contributed by atoms with Crippen LogP contribution in [-0.2, 0) is 20.7 Å². The normalized spacial score (nSPS) is 13.0. The molecule has 0 saturated heterocycles. The van der Waals surface area contributed by atoms with E-state index in [9.17, 15) is 14.7 Å². The summed E-state index contributed by atoms with van der Waals surface area (Å²) >= 11 is 0. The summed E-state index contributed by atoms with van der Waals surface area (Å²) in [5.41, 5.74) is 2.43. The highest BCUT2D eigenvalue weighted by Crippen LogP contribution is 2.13. The molecule has 0 saturated carbocycles. The summed E-state index contributed by atoms with van der Waals surface area (Å²) in [5.74, 6) is -1.19. The molecule has 0 fully saturated rings. The van der Waals surface area contributed by atoms with Gasteiger partial charge in [-0.15, -0.1) is 0 Å². The standard InChI is InChI=1S/C19H21NO4/c1-13-7-6-8-14(11-13)12-16(19(23)24-2)20-18(22)17(21)15-9-4-3-5-10-15/h3-11,16-17,21H,12H2,1-2H3,(H,20,22)/t16-,17-/m0/s1. The number of amides is 1. The number of carbonyl (C=O) groups excluding carboxylic acids is 2. The van der Waals surface area contributed by atoms with Crippen molar-refractivity contribution in [3.05, 3.63) is 71.3 Å². The van der Waals surface area contributed by atoms with Crippen molar-refractivity contribution in [2.24, 2.45) is 0 Å². The van der Waals surface area contributed by atoms with Gasteiger partial charge in [0.25, 0.3) is 5.91 Å². The quantitative estimate of drug-likeness (QED) is 0.795. The number of ether oxygens (including phenoxy) is 1. The number of hydrogen-bond donors (Lipinski definition) is 2. The van der Waals surface area contributed by atoms with Crippen LogP contribution in [-0.4, -0.2) is 30.1 Å². The molecular formula is C19H21NO4. The SMILES string of the molecule is COC(=O)[C@H](Cc1cccc(C)c1)NC(=O)[C@@H](O)c1ccccc1. The van der Waals surface area contributed by atoms with E-state index in [0.29, 0.717) is 12.0 Å². The number of hydrogen-bond acceptors (Lipinski definition) is 4. The minimum atomic E-state index is -1.34. The molecule has 0 unspecified atom stereocenters. The van der Waals surface area contributed by atoms with Crippen LogP contribution in [0.5, 0.6) is 0 Å². The Morgan fingerprint density at radius 3 is 2.46 bits per heavy atom. The Labute approximate surface area is 141 Å². The molecule has 0 aliphatic rings. The molecule has 2 atom stereocenters. The van der Waals surface area contributed by atoms with Crippen molar-refractivity contribution < 1.29 is 19.4 Å². The zero-order chi connectivity index (χ0) is 17.5. The molecule has 0 aliphatic heterocycles. The van der Waals surface area contributed by atoms with Crippen LogP contribution in [0.3, 0.4) is 0 Å². The van der Waals surface area contributed by atoms with Crippen molar-refractivity contribution in [3.8, 4) is 0 Å². The third-order valence-electron chi connectivity index (χ3n) is 3.69. The third-order valence-corrected chi connectivity index (χ3v) is 3.69. The van der Waals surface area contributed by atoms with Crippen molar-refractivity contribution in [3.63, 3.8) is 0 Å².